The molecule has 2 N–H and O–H groups in total. The SMILES string of the molecule is CCn1c(=O)[nH]c(=O)c2c(C(=O)NCc3ccccc3Cl)cc(C3CC3)nc21. The number of fused-ring (bicyclic) bond motifs is 1. The van der Waals surface area contributed by atoms with Crippen LogP contribution in [0.3, 0.4) is 0 Å². The maximum absolute atomic E-state index is 13.0. The number of carbonyl (C=O) groups excluding carboxylic acids is 1. The molecule has 0 saturated heterocycles. The van der Waals surface area contributed by atoms with E-state index in [1.165, 1.54) is 4.57 Å². The fourth-order valence-electron chi connectivity index (χ4n) is 3.27. The summed E-state index contributed by atoms with van der Waals surface area (Å²) >= 11 is 6.15. The van der Waals surface area contributed by atoms with E-state index < -0.39 is 17.2 Å². The largest absolute Gasteiger partial charge is 0.348 e. The van der Waals surface area contributed by atoms with Gasteiger partial charge in [-0.15, -0.1) is 0 Å². The molecule has 1 aromatic carbocycles. The first-order valence-corrected chi connectivity index (χ1v) is 9.56. The van der Waals surface area contributed by atoms with E-state index >= 15 is 0 Å². The third-order valence-corrected chi connectivity index (χ3v) is 5.29. The number of nitrogens with zero attached hydrogens (tertiary/aromatic N) is 2. The van der Waals surface area contributed by atoms with Crippen LogP contribution in [0.1, 0.15) is 47.3 Å². The summed E-state index contributed by atoms with van der Waals surface area (Å²) in [6, 6.07) is 8.90. The summed E-state index contributed by atoms with van der Waals surface area (Å²) in [4.78, 5) is 44.5. The average molecular weight is 399 g/mol. The van der Waals surface area contributed by atoms with Crippen molar-refractivity contribution in [2.45, 2.75) is 38.8 Å². The van der Waals surface area contributed by atoms with E-state index in [4.69, 9.17) is 11.6 Å². The summed E-state index contributed by atoms with van der Waals surface area (Å²) in [7, 11) is 0. The first-order chi connectivity index (χ1) is 13.5. The third-order valence-electron chi connectivity index (χ3n) is 4.92. The molecular weight excluding hydrogens is 380 g/mol. The number of rotatable bonds is 5. The van der Waals surface area contributed by atoms with Gasteiger partial charge in [-0.2, -0.15) is 0 Å². The Bertz CT molecular complexity index is 1190. The van der Waals surface area contributed by atoms with Crippen LogP contribution in [-0.4, -0.2) is 20.4 Å². The number of amides is 1. The molecule has 0 aliphatic heterocycles. The van der Waals surface area contributed by atoms with Crippen LogP contribution in [-0.2, 0) is 13.1 Å². The standard InChI is InChI=1S/C20H19ClN4O3/c1-2-25-17-16(19(27)24-20(25)28)13(9-15(23-17)11-7-8-11)18(26)22-10-12-5-3-4-6-14(12)21/h3-6,9,11H,2,7-8,10H2,1H3,(H,22,26)(H,24,27,28). The number of carbonyl (C=O) groups is 1. The van der Waals surface area contributed by atoms with Crippen molar-refractivity contribution in [1.29, 1.82) is 0 Å². The second-order valence-corrected chi connectivity index (χ2v) is 7.25. The molecule has 0 unspecified atom stereocenters. The Morgan fingerprint density at radius 3 is 2.75 bits per heavy atom. The molecule has 0 bridgehead atoms. The topological polar surface area (TPSA) is 96.9 Å². The van der Waals surface area contributed by atoms with E-state index in [9.17, 15) is 14.4 Å². The maximum Gasteiger partial charge on any atom is 0.329 e. The van der Waals surface area contributed by atoms with Crippen molar-refractivity contribution in [2.24, 2.45) is 0 Å². The molecule has 1 amide bonds. The number of aromatic amines is 1. The second kappa shape index (κ2) is 7.24. The van der Waals surface area contributed by atoms with E-state index in [-0.39, 0.29) is 29.1 Å². The zero-order chi connectivity index (χ0) is 19.8. The lowest BCUT2D eigenvalue weighted by molar-refractivity contribution is 0.0952. The van der Waals surface area contributed by atoms with Crippen LogP contribution >= 0.6 is 11.6 Å². The molecule has 1 fully saturated rings. The van der Waals surface area contributed by atoms with Crippen LogP contribution < -0.4 is 16.6 Å². The van der Waals surface area contributed by atoms with Crippen LogP contribution in [0.4, 0.5) is 0 Å². The average Bonchev–Trinajstić information content (AvgIpc) is 3.51. The van der Waals surface area contributed by atoms with Crippen molar-refractivity contribution < 1.29 is 4.79 Å². The van der Waals surface area contributed by atoms with Gasteiger partial charge in [0, 0.05) is 29.7 Å². The minimum absolute atomic E-state index is 0.127. The van der Waals surface area contributed by atoms with E-state index in [1.54, 1.807) is 19.1 Å². The molecule has 1 aliphatic rings. The van der Waals surface area contributed by atoms with Gasteiger partial charge in [-0.1, -0.05) is 29.8 Å². The zero-order valence-corrected chi connectivity index (χ0v) is 16.0. The van der Waals surface area contributed by atoms with Crippen LogP contribution in [0.2, 0.25) is 5.02 Å². The highest BCUT2D eigenvalue weighted by atomic mass is 35.5. The summed E-state index contributed by atoms with van der Waals surface area (Å²) < 4.78 is 1.38. The van der Waals surface area contributed by atoms with Gasteiger partial charge in [0.25, 0.3) is 11.5 Å². The van der Waals surface area contributed by atoms with Gasteiger partial charge in [0.2, 0.25) is 0 Å². The molecule has 0 radical (unpaired) electrons. The summed E-state index contributed by atoms with van der Waals surface area (Å²) in [6.45, 7) is 2.36. The number of H-pyrrole nitrogens is 1. The van der Waals surface area contributed by atoms with Gasteiger partial charge in [0.1, 0.15) is 0 Å². The molecule has 8 heteroatoms. The monoisotopic (exact) mass is 398 g/mol. The fourth-order valence-corrected chi connectivity index (χ4v) is 3.47. The van der Waals surface area contributed by atoms with E-state index in [0.717, 1.165) is 24.1 Å². The minimum atomic E-state index is -0.609. The summed E-state index contributed by atoms with van der Waals surface area (Å²) in [5, 5.41) is 3.50. The Balaban J connectivity index is 1.81. The number of pyridine rings is 1. The molecular formula is C20H19ClN4O3. The first-order valence-electron chi connectivity index (χ1n) is 9.19. The Morgan fingerprint density at radius 2 is 2.07 bits per heavy atom. The number of halogens is 1. The number of hydrogen-bond acceptors (Lipinski definition) is 4. The van der Waals surface area contributed by atoms with Crippen LogP contribution in [0.5, 0.6) is 0 Å². The van der Waals surface area contributed by atoms with Gasteiger partial charge in [-0.3, -0.25) is 19.1 Å². The van der Waals surface area contributed by atoms with Gasteiger partial charge in [0.15, 0.2) is 5.65 Å². The quantitative estimate of drug-likeness (QED) is 0.690. The molecule has 2 aromatic heterocycles. The lowest BCUT2D eigenvalue weighted by Gasteiger charge is -2.13. The van der Waals surface area contributed by atoms with Crippen molar-refractivity contribution in [1.82, 2.24) is 19.9 Å². The van der Waals surface area contributed by atoms with Crippen LogP contribution in [0.25, 0.3) is 11.0 Å². The van der Waals surface area contributed by atoms with Crippen molar-refractivity contribution in [3.63, 3.8) is 0 Å². The molecule has 0 spiro atoms. The molecule has 3 aromatic rings. The minimum Gasteiger partial charge on any atom is -0.348 e. The van der Waals surface area contributed by atoms with Gasteiger partial charge >= 0.3 is 5.69 Å². The highest BCUT2D eigenvalue weighted by molar-refractivity contribution is 6.31. The first kappa shape index (κ1) is 18.4. The zero-order valence-electron chi connectivity index (χ0n) is 15.3. The number of hydrogen-bond donors (Lipinski definition) is 2. The molecule has 28 heavy (non-hydrogen) atoms. The van der Waals surface area contributed by atoms with Gasteiger partial charge in [-0.05, 0) is 37.5 Å². The van der Waals surface area contributed by atoms with E-state index in [2.05, 4.69) is 15.3 Å². The number of nitrogens with one attached hydrogen (secondary N) is 2. The smallest absolute Gasteiger partial charge is 0.329 e. The second-order valence-electron chi connectivity index (χ2n) is 6.85. The summed E-state index contributed by atoms with van der Waals surface area (Å²) in [6.07, 6.45) is 1.97. The molecule has 0 atom stereocenters. The molecule has 1 aliphatic carbocycles. The molecule has 7 nitrogen and oxygen atoms in total. The summed E-state index contributed by atoms with van der Waals surface area (Å²) in [5.41, 5.74) is 0.858. The van der Waals surface area contributed by atoms with Crippen LogP contribution in [0.15, 0.2) is 39.9 Å². The molecule has 144 valence electrons. The van der Waals surface area contributed by atoms with Crippen molar-refractivity contribution in [3.05, 3.63) is 73.0 Å². The lowest BCUT2D eigenvalue weighted by atomic mass is 10.1. The van der Waals surface area contributed by atoms with Gasteiger partial charge in [0.05, 0.1) is 10.9 Å². The molecule has 4 rings (SSSR count). The van der Waals surface area contributed by atoms with E-state index in [0.29, 0.717) is 11.6 Å². The Morgan fingerprint density at radius 1 is 1.32 bits per heavy atom. The number of aromatic nitrogens is 3. The normalized spacial score (nSPS) is 13.6. The van der Waals surface area contributed by atoms with Gasteiger partial charge < -0.3 is 5.32 Å². The van der Waals surface area contributed by atoms with Crippen molar-refractivity contribution in [2.75, 3.05) is 0 Å². The lowest BCUT2D eigenvalue weighted by Crippen LogP contribution is -2.33. The third kappa shape index (κ3) is 3.33. The van der Waals surface area contributed by atoms with E-state index in [1.807, 2.05) is 18.2 Å². The molecule has 2 heterocycles. The highest BCUT2D eigenvalue weighted by Gasteiger charge is 2.28. The van der Waals surface area contributed by atoms with Crippen molar-refractivity contribution in [3.8, 4) is 0 Å². The molecule has 1 saturated carbocycles. The van der Waals surface area contributed by atoms with Crippen LogP contribution in [0, 0.1) is 0 Å². The Kier molecular flexibility index (Phi) is 4.77. The highest BCUT2D eigenvalue weighted by Crippen LogP contribution is 2.39. The Hall–Kier alpha value is -2.93. The van der Waals surface area contributed by atoms with Crippen molar-refractivity contribution >= 4 is 28.5 Å². The predicted octanol–water partition coefficient (Wildman–Crippen LogP) is 2.57. The Labute approximate surface area is 165 Å². The fraction of sp³-hybridized carbons (Fsp3) is 0.300. The van der Waals surface area contributed by atoms with Gasteiger partial charge in [-0.25, -0.2) is 9.78 Å². The maximum atomic E-state index is 13.0. The summed E-state index contributed by atoms with van der Waals surface area (Å²) in [5.74, 6) is -0.139. The predicted molar refractivity (Wildman–Crippen MR) is 107 cm³/mol. The number of benzene rings is 1. The number of aryl methyl sites for hydroxylation is 1.